The minimum Gasteiger partial charge on any atom is -0.287 e. The number of hydrogen-bond acceptors (Lipinski definition) is 2. The van der Waals surface area contributed by atoms with Gasteiger partial charge < -0.3 is 0 Å². The molecule has 1 unspecified atom stereocenters. The molecule has 9 heavy (non-hydrogen) atoms. The van der Waals surface area contributed by atoms with Gasteiger partial charge in [0.05, 0.1) is 0 Å². The zero-order valence-electron chi connectivity index (χ0n) is 5.69. The smallest absolute Gasteiger partial charge is 0.190 e. The van der Waals surface area contributed by atoms with Crippen LogP contribution in [0.15, 0.2) is 0 Å². The summed E-state index contributed by atoms with van der Waals surface area (Å²) in [7, 11) is 0. The maximum absolute atomic E-state index is 10.7. The van der Waals surface area contributed by atoms with E-state index in [1.54, 1.807) is 0 Å². The number of rotatable bonds is 3. The van der Waals surface area contributed by atoms with Crippen LogP contribution in [0.1, 0.15) is 20.3 Å². The second kappa shape index (κ2) is 5.12. The lowest BCUT2D eigenvalue weighted by atomic mass is 10.4. The van der Waals surface area contributed by atoms with Crippen molar-refractivity contribution in [3.8, 4) is 0 Å². The molecule has 0 spiro atoms. The second-order valence-corrected chi connectivity index (χ2v) is 3.86. The highest BCUT2D eigenvalue weighted by Crippen LogP contribution is 2.09. The van der Waals surface area contributed by atoms with Crippen LogP contribution in [-0.4, -0.2) is 16.2 Å². The first kappa shape index (κ1) is 9.31. The third-order valence-corrected chi connectivity index (χ3v) is 1.68. The van der Waals surface area contributed by atoms with Crippen LogP contribution in [0.3, 0.4) is 0 Å². The molecule has 0 radical (unpaired) electrons. The first-order valence-corrected chi connectivity index (χ1v) is 4.38. The molecule has 0 aromatic rings. The Hall–Kier alpha value is 0.310. The van der Waals surface area contributed by atoms with Crippen molar-refractivity contribution < 1.29 is 4.79 Å². The van der Waals surface area contributed by atoms with Gasteiger partial charge in [-0.3, -0.25) is 4.79 Å². The van der Waals surface area contributed by atoms with Gasteiger partial charge in [-0.2, -0.15) is 0 Å². The Morgan fingerprint density at radius 2 is 2.33 bits per heavy atom. The van der Waals surface area contributed by atoms with Crippen LogP contribution in [0.5, 0.6) is 0 Å². The summed E-state index contributed by atoms with van der Waals surface area (Å²) in [4.78, 5) is 10.7. The van der Waals surface area contributed by atoms with E-state index in [0.29, 0.717) is 6.42 Å². The van der Waals surface area contributed by atoms with Crippen molar-refractivity contribution >= 4 is 28.5 Å². The Kier molecular flexibility index (Phi) is 5.30. The number of hydrogen-bond donors (Lipinski definition) is 0. The summed E-state index contributed by atoms with van der Waals surface area (Å²) in [5.74, 6) is 0.850. The molecule has 0 fully saturated rings. The lowest BCUT2D eigenvalue weighted by Gasteiger charge is -1.98. The molecule has 0 saturated heterocycles. The lowest BCUT2D eigenvalue weighted by Crippen LogP contribution is -2.00. The van der Waals surface area contributed by atoms with Gasteiger partial charge >= 0.3 is 0 Å². The van der Waals surface area contributed by atoms with Gasteiger partial charge in [-0.1, -0.05) is 18.7 Å². The molecule has 1 nitrogen and oxygen atoms in total. The van der Waals surface area contributed by atoms with Gasteiger partial charge in [-0.05, 0) is 12.7 Å². The molecule has 0 aromatic heterocycles. The van der Waals surface area contributed by atoms with E-state index in [9.17, 15) is 4.79 Å². The Labute approximate surface area is 65.2 Å². The van der Waals surface area contributed by atoms with Crippen LogP contribution in [-0.2, 0) is 4.79 Å². The minimum absolute atomic E-state index is 0.0171. The number of thioether (sulfide) groups is 1. The third kappa shape index (κ3) is 6.19. The molecule has 1 atom stereocenters. The summed E-state index contributed by atoms with van der Waals surface area (Å²) >= 11 is 6.91. The van der Waals surface area contributed by atoms with Gasteiger partial charge in [-0.25, -0.2) is 0 Å². The molecule has 54 valence electrons. The molecule has 0 rings (SSSR count). The third-order valence-electron chi connectivity index (χ3n) is 0.753. The van der Waals surface area contributed by atoms with Gasteiger partial charge in [0.1, 0.15) is 0 Å². The zero-order valence-corrected chi connectivity index (χ0v) is 7.26. The predicted molar refractivity (Wildman–Crippen MR) is 43.1 cm³/mol. The van der Waals surface area contributed by atoms with Crippen molar-refractivity contribution in [2.75, 3.05) is 5.75 Å². The van der Waals surface area contributed by atoms with Crippen LogP contribution in [0.2, 0.25) is 0 Å². The summed E-state index contributed by atoms with van der Waals surface area (Å²) < 4.78 is 0. The average molecular weight is 167 g/mol. The standard InChI is InChI=1S/C6H11ClOS/c1-3-9-6(8)4-5(2)7/h5H,3-4H2,1-2H3. The SMILES string of the molecule is CCSC(=O)CC(C)Cl. The van der Waals surface area contributed by atoms with E-state index in [4.69, 9.17) is 11.6 Å². The first-order valence-electron chi connectivity index (χ1n) is 2.96. The highest BCUT2D eigenvalue weighted by molar-refractivity contribution is 8.13. The van der Waals surface area contributed by atoms with Crippen molar-refractivity contribution in [1.82, 2.24) is 0 Å². The van der Waals surface area contributed by atoms with Crippen molar-refractivity contribution in [2.45, 2.75) is 25.6 Å². The number of halogens is 1. The van der Waals surface area contributed by atoms with E-state index in [0.717, 1.165) is 5.75 Å². The monoisotopic (exact) mass is 166 g/mol. The molecule has 0 aliphatic heterocycles. The van der Waals surface area contributed by atoms with Crippen LogP contribution in [0, 0.1) is 0 Å². The summed E-state index contributed by atoms with van der Waals surface area (Å²) in [6, 6.07) is 0. The Morgan fingerprint density at radius 1 is 1.78 bits per heavy atom. The van der Waals surface area contributed by atoms with Crippen molar-refractivity contribution in [2.24, 2.45) is 0 Å². The van der Waals surface area contributed by atoms with E-state index in [1.165, 1.54) is 11.8 Å². The summed E-state index contributed by atoms with van der Waals surface area (Å²) in [6.45, 7) is 3.79. The molecule has 0 aromatic carbocycles. The van der Waals surface area contributed by atoms with E-state index in [1.807, 2.05) is 13.8 Å². The van der Waals surface area contributed by atoms with Crippen molar-refractivity contribution in [1.29, 1.82) is 0 Å². The first-order chi connectivity index (χ1) is 4.16. The number of carbonyl (C=O) groups excluding carboxylic acids is 1. The minimum atomic E-state index is -0.0171. The van der Waals surface area contributed by atoms with E-state index in [-0.39, 0.29) is 10.5 Å². The highest BCUT2D eigenvalue weighted by Gasteiger charge is 2.04. The summed E-state index contributed by atoms with van der Waals surface area (Å²) in [6.07, 6.45) is 0.486. The number of alkyl halides is 1. The van der Waals surface area contributed by atoms with E-state index >= 15 is 0 Å². The van der Waals surface area contributed by atoms with Crippen molar-refractivity contribution in [3.63, 3.8) is 0 Å². The Balaban J connectivity index is 3.27. The molecular formula is C6H11ClOS. The normalized spacial score (nSPS) is 13.2. The molecule has 3 heteroatoms. The average Bonchev–Trinajstić information content (AvgIpc) is 1.63. The molecule has 0 saturated carbocycles. The molecule has 0 N–H and O–H groups in total. The van der Waals surface area contributed by atoms with E-state index < -0.39 is 0 Å². The molecule has 0 aliphatic rings. The lowest BCUT2D eigenvalue weighted by molar-refractivity contribution is -0.110. The molecule has 0 bridgehead atoms. The fraction of sp³-hybridized carbons (Fsp3) is 0.833. The fourth-order valence-electron chi connectivity index (χ4n) is 0.450. The fourth-order valence-corrected chi connectivity index (χ4v) is 1.37. The molecule has 0 heterocycles. The van der Waals surface area contributed by atoms with Crippen LogP contribution >= 0.6 is 23.4 Å². The van der Waals surface area contributed by atoms with Crippen molar-refractivity contribution in [3.05, 3.63) is 0 Å². The second-order valence-electron chi connectivity index (χ2n) is 1.79. The van der Waals surface area contributed by atoms with Gasteiger partial charge in [0.25, 0.3) is 0 Å². The maximum atomic E-state index is 10.7. The largest absolute Gasteiger partial charge is 0.287 e. The van der Waals surface area contributed by atoms with Gasteiger partial charge in [0, 0.05) is 11.8 Å². The quantitative estimate of drug-likeness (QED) is 0.599. The Bertz CT molecular complexity index is 93.1. The molecular weight excluding hydrogens is 156 g/mol. The highest BCUT2D eigenvalue weighted by atomic mass is 35.5. The number of carbonyl (C=O) groups is 1. The maximum Gasteiger partial charge on any atom is 0.190 e. The van der Waals surface area contributed by atoms with Gasteiger partial charge in [0.15, 0.2) is 5.12 Å². The zero-order chi connectivity index (χ0) is 7.28. The topological polar surface area (TPSA) is 17.1 Å². The molecule has 0 aliphatic carbocycles. The van der Waals surface area contributed by atoms with Crippen LogP contribution in [0.25, 0.3) is 0 Å². The summed E-state index contributed by atoms with van der Waals surface area (Å²) in [5.41, 5.74) is 0. The van der Waals surface area contributed by atoms with Gasteiger partial charge in [-0.15, -0.1) is 11.6 Å². The van der Waals surface area contributed by atoms with Crippen LogP contribution < -0.4 is 0 Å². The van der Waals surface area contributed by atoms with Gasteiger partial charge in [0.2, 0.25) is 0 Å². The van der Waals surface area contributed by atoms with Crippen LogP contribution in [0.4, 0.5) is 0 Å². The Morgan fingerprint density at radius 3 is 2.67 bits per heavy atom. The predicted octanol–water partition coefficient (Wildman–Crippen LogP) is 2.28. The summed E-state index contributed by atoms with van der Waals surface area (Å²) in [5, 5.41) is 0.177. The van der Waals surface area contributed by atoms with E-state index in [2.05, 4.69) is 0 Å². The molecule has 0 amide bonds.